The highest BCUT2D eigenvalue weighted by molar-refractivity contribution is 5.95. The molecule has 5 heteroatoms. The van der Waals surface area contributed by atoms with Gasteiger partial charge in [-0.05, 0) is 49.9 Å². The van der Waals surface area contributed by atoms with Crippen LogP contribution < -0.4 is 10.1 Å². The number of rotatable bonds is 6. The quantitative estimate of drug-likeness (QED) is 0.801. The van der Waals surface area contributed by atoms with Crippen molar-refractivity contribution in [1.82, 2.24) is 10.2 Å². The number of likely N-dealkylation sites (tertiary alicyclic amines) is 1. The second-order valence-electron chi connectivity index (χ2n) is 7.66. The molecule has 0 saturated carbocycles. The molecule has 1 heterocycles. The minimum atomic E-state index is 0.000900. The summed E-state index contributed by atoms with van der Waals surface area (Å²) in [5.74, 6) is 0.954. The van der Waals surface area contributed by atoms with Crippen LogP contribution >= 0.6 is 0 Å². The van der Waals surface area contributed by atoms with Gasteiger partial charge in [-0.3, -0.25) is 9.59 Å². The second-order valence-corrected chi connectivity index (χ2v) is 7.66. The average Bonchev–Trinajstić information content (AvgIpc) is 2.78. The Morgan fingerprint density at radius 1 is 1.10 bits per heavy atom. The normalized spacial score (nSPS) is 15.6. The van der Waals surface area contributed by atoms with E-state index >= 15 is 0 Å². The SMILES string of the molecule is CCC(C)NC(=O)C1CCN(C(=O)c2ccc(-c3ccccc3OC)cc2)CC1. The fourth-order valence-corrected chi connectivity index (χ4v) is 3.67. The monoisotopic (exact) mass is 394 g/mol. The average molecular weight is 395 g/mol. The van der Waals surface area contributed by atoms with Gasteiger partial charge in [0.25, 0.3) is 5.91 Å². The molecule has 1 N–H and O–H groups in total. The predicted molar refractivity (Wildman–Crippen MR) is 115 cm³/mol. The van der Waals surface area contributed by atoms with E-state index in [2.05, 4.69) is 12.2 Å². The molecule has 2 amide bonds. The number of para-hydroxylation sites is 1. The van der Waals surface area contributed by atoms with Crippen LogP contribution in [0.25, 0.3) is 11.1 Å². The lowest BCUT2D eigenvalue weighted by atomic mass is 9.94. The van der Waals surface area contributed by atoms with E-state index < -0.39 is 0 Å². The maximum Gasteiger partial charge on any atom is 0.253 e. The molecule has 1 saturated heterocycles. The third-order valence-electron chi connectivity index (χ3n) is 5.70. The number of nitrogens with zero attached hydrogens (tertiary/aromatic N) is 1. The van der Waals surface area contributed by atoms with Gasteiger partial charge in [0.1, 0.15) is 5.75 Å². The summed E-state index contributed by atoms with van der Waals surface area (Å²) < 4.78 is 5.43. The van der Waals surface area contributed by atoms with Crippen molar-refractivity contribution in [2.24, 2.45) is 5.92 Å². The van der Waals surface area contributed by atoms with Crippen LogP contribution in [0.4, 0.5) is 0 Å². The molecule has 3 rings (SSSR count). The molecule has 5 nitrogen and oxygen atoms in total. The van der Waals surface area contributed by atoms with E-state index in [1.54, 1.807) is 7.11 Å². The molecule has 1 atom stereocenters. The Kier molecular flexibility index (Phi) is 6.91. The number of amides is 2. The molecule has 0 aromatic heterocycles. The van der Waals surface area contributed by atoms with E-state index in [0.717, 1.165) is 23.3 Å². The zero-order valence-corrected chi connectivity index (χ0v) is 17.5. The molecule has 1 aliphatic rings. The summed E-state index contributed by atoms with van der Waals surface area (Å²) in [7, 11) is 1.66. The predicted octanol–water partition coefficient (Wildman–Crippen LogP) is 4.13. The molecule has 2 aromatic rings. The molecule has 0 radical (unpaired) electrons. The highest BCUT2D eigenvalue weighted by Gasteiger charge is 2.28. The standard InChI is InChI=1S/C24H30N2O3/c1-4-17(2)25-23(27)19-13-15-26(16-14-19)24(28)20-11-9-18(10-12-20)21-7-5-6-8-22(21)29-3/h5-12,17,19H,4,13-16H2,1-3H3,(H,25,27). The molecule has 0 bridgehead atoms. The molecule has 29 heavy (non-hydrogen) atoms. The van der Waals surface area contributed by atoms with Crippen LogP contribution in [-0.4, -0.2) is 43.0 Å². The van der Waals surface area contributed by atoms with Gasteiger partial charge in [-0.1, -0.05) is 37.3 Å². The summed E-state index contributed by atoms with van der Waals surface area (Å²) in [4.78, 5) is 27.0. The summed E-state index contributed by atoms with van der Waals surface area (Å²) in [6.07, 6.45) is 2.36. The second kappa shape index (κ2) is 9.59. The van der Waals surface area contributed by atoms with E-state index in [1.807, 2.05) is 60.4 Å². The highest BCUT2D eigenvalue weighted by Crippen LogP contribution is 2.30. The van der Waals surface area contributed by atoms with E-state index in [-0.39, 0.29) is 23.8 Å². The lowest BCUT2D eigenvalue weighted by Gasteiger charge is -2.32. The van der Waals surface area contributed by atoms with Crippen molar-refractivity contribution in [1.29, 1.82) is 0 Å². The Hall–Kier alpha value is -2.82. The number of methoxy groups -OCH3 is 1. The zero-order valence-electron chi connectivity index (χ0n) is 17.5. The maximum absolute atomic E-state index is 12.9. The lowest BCUT2D eigenvalue weighted by molar-refractivity contribution is -0.126. The van der Waals surface area contributed by atoms with Crippen molar-refractivity contribution in [3.63, 3.8) is 0 Å². The van der Waals surface area contributed by atoms with Crippen molar-refractivity contribution >= 4 is 11.8 Å². The first-order valence-electron chi connectivity index (χ1n) is 10.4. The number of carbonyl (C=O) groups is 2. The number of carbonyl (C=O) groups excluding carboxylic acids is 2. The van der Waals surface area contributed by atoms with Gasteiger partial charge in [-0.2, -0.15) is 0 Å². The fourth-order valence-electron chi connectivity index (χ4n) is 3.67. The van der Waals surface area contributed by atoms with Gasteiger partial charge >= 0.3 is 0 Å². The van der Waals surface area contributed by atoms with Gasteiger partial charge in [0, 0.05) is 36.2 Å². The largest absolute Gasteiger partial charge is 0.496 e. The van der Waals surface area contributed by atoms with E-state index in [4.69, 9.17) is 4.74 Å². The Labute approximate surface area is 173 Å². The third kappa shape index (κ3) is 4.97. The van der Waals surface area contributed by atoms with Crippen molar-refractivity contribution in [2.75, 3.05) is 20.2 Å². The van der Waals surface area contributed by atoms with Crippen molar-refractivity contribution < 1.29 is 14.3 Å². The van der Waals surface area contributed by atoms with Crippen LogP contribution in [0.15, 0.2) is 48.5 Å². The fraction of sp³-hybridized carbons (Fsp3) is 0.417. The summed E-state index contributed by atoms with van der Waals surface area (Å²) in [5, 5.41) is 3.05. The van der Waals surface area contributed by atoms with Gasteiger partial charge in [-0.15, -0.1) is 0 Å². The van der Waals surface area contributed by atoms with Crippen LogP contribution in [0.5, 0.6) is 5.75 Å². The van der Waals surface area contributed by atoms with Crippen LogP contribution in [-0.2, 0) is 4.79 Å². The van der Waals surface area contributed by atoms with Crippen LogP contribution in [0.2, 0.25) is 0 Å². The first kappa shape index (κ1) is 20.9. The number of nitrogens with one attached hydrogen (secondary N) is 1. The highest BCUT2D eigenvalue weighted by atomic mass is 16.5. The number of hydrogen-bond acceptors (Lipinski definition) is 3. The number of piperidine rings is 1. The Morgan fingerprint density at radius 2 is 1.76 bits per heavy atom. The minimum absolute atomic E-state index is 0.000900. The Bertz CT molecular complexity index is 839. The molecule has 0 aliphatic carbocycles. The van der Waals surface area contributed by atoms with E-state index in [1.165, 1.54) is 0 Å². The van der Waals surface area contributed by atoms with Gasteiger partial charge in [0.15, 0.2) is 0 Å². The molecule has 2 aromatic carbocycles. The van der Waals surface area contributed by atoms with Crippen molar-refractivity contribution in [3.8, 4) is 16.9 Å². The maximum atomic E-state index is 12.9. The summed E-state index contributed by atoms with van der Waals surface area (Å²) in [6, 6.07) is 15.7. The summed E-state index contributed by atoms with van der Waals surface area (Å²) in [6.45, 7) is 5.31. The van der Waals surface area contributed by atoms with Crippen LogP contribution in [0.1, 0.15) is 43.5 Å². The molecular formula is C24H30N2O3. The van der Waals surface area contributed by atoms with Crippen LogP contribution in [0.3, 0.4) is 0 Å². The van der Waals surface area contributed by atoms with Gasteiger partial charge in [-0.25, -0.2) is 0 Å². The number of ether oxygens (including phenoxy) is 1. The number of hydrogen-bond donors (Lipinski definition) is 1. The topological polar surface area (TPSA) is 58.6 Å². The molecule has 154 valence electrons. The van der Waals surface area contributed by atoms with Gasteiger partial charge in [0.2, 0.25) is 5.91 Å². The minimum Gasteiger partial charge on any atom is -0.496 e. The van der Waals surface area contributed by atoms with Gasteiger partial charge in [0.05, 0.1) is 7.11 Å². The number of benzene rings is 2. The smallest absolute Gasteiger partial charge is 0.253 e. The first-order chi connectivity index (χ1) is 14.0. The van der Waals surface area contributed by atoms with Crippen molar-refractivity contribution in [2.45, 2.75) is 39.2 Å². The van der Waals surface area contributed by atoms with Crippen molar-refractivity contribution in [3.05, 3.63) is 54.1 Å². The van der Waals surface area contributed by atoms with E-state index in [9.17, 15) is 9.59 Å². The lowest BCUT2D eigenvalue weighted by Crippen LogP contribution is -2.44. The van der Waals surface area contributed by atoms with E-state index in [0.29, 0.717) is 31.5 Å². The molecule has 1 aliphatic heterocycles. The molecule has 1 unspecified atom stereocenters. The molecule has 1 fully saturated rings. The van der Waals surface area contributed by atoms with Crippen LogP contribution in [0, 0.1) is 5.92 Å². The molecular weight excluding hydrogens is 364 g/mol. The third-order valence-corrected chi connectivity index (χ3v) is 5.70. The molecule has 0 spiro atoms. The van der Waals surface area contributed by atoms with Gasteiger partial charge < -0.3 is 15.0 Å². The Morgan fingerprint density at radius 3 is 2.38 bits per heavy atom. The summed E-state index contributed by atoms with van der Waals surface area (Å²) in [5.41, 5.74) is 2.69. The Balaban J connectivity index is 1.61. The first-order valence-corrected chi connectivity index (χ1v) is 10.4. The zero-order chi connectivity index (χ0) is 20.8. The summed E-state index contributed by atoms with van der Waals surface area (Å²) >= 11 is 0.